The molecular formula is C19H20ClN3O2S. The Labute approximate surface area is 158 Å². The zero-order valence-corrected chi connectivity index (χ0v) is 16.0. The molecule has 0 unspecified atom stereocenters. The smallest absolute Gasteiger partial charge is 0.261 e. The molecule has 0 aliphatic rings. The summed E-state index contributed by atoms with van der Waals surface area (Å²) >= 11 is 6.15. The maximum absolute atomic E-state index is 12.5. The van der Waals surface area contributed by atoms with Crippen molar-refractivity contribution in [2.24, 2.45) is 0 Å². The topological polar surface area (TPSA) is 64.0 Å². The number of halogens is 1. The molecule has 2 aromatic carbocycles. The van der Waals surface area contributed by atoms with Gasteiger partial charge in [0, 0.05) is 11.2 Å². The Bertz CT molecular complexity index is 982. The lowest BCUT2D eigenvalue weighted by Gasteiger charge is -2.07. The van der Waals surface area contributed by atoms with E-state index in [0.717, 1.165) is 24.0 Å². The van der Waals surface area contributed by atoms with Gasteiger partial charge in [0.1, 0.15) is 0 Å². The predicted octanol–water partition coefficient (Wildman–Crippen LogP) is 4.34. The average molecular weight is 390 g/mol. The third-order valence-corrected chi connectivity index (χ3v) is 5.71. The molecule has 0 atom stereocenters. The number of nitrogens with zero attached hydrogens (tertiary/aromatic N) is 2. The van der Waals surface area contributed by atoms with E-state index in [2.05, 4.69) is 16.7 Å². The van der Waals surface area contributed by atoms with Crippen molar-refractivity contribution in [3.63, 3.8) is 0 Å². The fraction of sp³-hybridized carbons (Fsp3) is 0.211. The molecule has 1 N–H and O–H groups in total. The number of hydrogen-bond donors (Lipinski definition) is 1. The number of rotatable bonds is 7. The van der Waals surface area contributed by atoms with Crippen LogP contribution in [0.4, 0.5) is 5.69 Å². The number of benzene rings is 2. The van der Waals surface area contributed by atoms with Crippen LogP contribution in [0.1, 0.15) is 24.5 Å². The highest BCUT2D eigenvalue weighted by atomic mass is 35.5. The van der Waals surface area contributed by atoms with Gasteiger partial charge in [-0.2, -0.15) is 5.10 Å². The average Bonchev–Trinajstić information content (AvgIpc) is 3.04. The van der Waals surface area contributed by atoms with Crippen molar-refractivity contribution in [1.82, 2.24) is 9.78 Å². The summed E-state index contributed by atoms with van der Waals surface area (Å²) in [5.41, 5.74) is 2.45. The number of nitrogens with one attached hydrogen (secondary N) is 1. The summed E-state index contributed by atoms with van der Waals surface area (Å²) in [4.78, 5) is 0.233. The summed E-state index contributed by atoms with van der Waals surface area (Å²) in [7, 11) is -3.64. The molecule has 136 valence electrons. The Hall–Kier alpha value is -2.31. The zero-order valence-electron chi connectivity index (χ0n) is 14.4. The van der Waals surface area contributed by atoms with Crippen LogP contribution in [0.5, 0.6) is 0 Å². The van der Waals surface area contributed by atoms with E-state index in [0.29, 0.717) is 17.3 Å². The summed E-state index contributed by atoms with van der Waals surface area (Å²) in [6, 6.07) is 14.4. The minimum absolute atomic E-state index is 0.233. The standard InChI is InChI=1S/C19H20ClN3O2S/c1-2-5-15-8-10-18(11-9-15)26(24,25)22-17-12-21-23(14-17)13-16-6-3-4-7-19(16)20/h3-4,6-12,14,22H,2,5,13H2,1H3. The van der Waals surface area contributed by atoms with E-state index >= 15 is 0 Å². The molecule has 5 nitrogen and oxygen atoms in total. The molecule has 0 radical (unpaired) electrons. The van der Waals surface area contributed by atoms with Crippen LogP contribution in [-0.4, -0.2) is 18.2 Å². The van der Waals surface area contributed by atoms with E-state index in [-0.39, 0.29) is 4.90 Å². The molecule has 3 rings (SSSR count). The first-order valence-corrected chi connectivity index (χ1v) is 10.2. The molecule has 0 spiro atoms. The van der Waals surface area contributed by atoms with Gasteiger partial charge in [0.2, 0.25) is 0 Å². The van der Waals surface area contributed by atoms with Gasteiger partial charge >= 0.3 is 0 Å². The summed E-state index contributed by atoms with van der Waals surface area (Å²) in [6.07, 6.45) is 5.09. The SMILES string of the molecule is CCCc1ccc(S(=O)(=O)Nc2cnn(Cc3ccccc3Cl)c2)cc1. The Kier molecular flexibility index (Phi) is 5.64. The minimum Gasteiger partial charge on any atom is -0.276 e. The highest BCUT2D eigenvalue weighted by molar-refractivity contribution is 7.92. The van der Waals surface area contributed by atoms with E-state index in [4.69, 9.17) is 11.6 Å². The van der Waals surface area contributed by atoms with E-state index < -0.39 is 10.0 Å². The van der Waals surface area contributed by atoms with Gasteiger partial charge in [0.05, 0.1) is 23.3 Å². The Morgan fingerprint density at radius 1 is 1.12 bits per heavy atom. The Balaban J connectivity index is 1.72. The number of aryl methyl sites for hydroxylation is 1. The quantitative estimate of drug-likeness (QED) is 0.653. The second-order valence-electron chi connectivity index (χ2n) is 6.02. The fourth-order valence-corrected chi connectivity index (χ4v) is 3.87. The molecule has 1 aromatic heterocycles. The maximum Gasteiger partial charge on any atom is 0.261 e. The lowest BCUT2D eigenvalue weighted by molar-refractivity contribution is 0.601. The summed E-state index contributed by atoms with van der Waals surface area (Å²) in [5, 5.41) is 4.85. The first-order valence-electron chi connectivity index (χ1n) is 8.35. The van der Waals surface area contributed by atoms with Crippen molar-refractivity contribution < 1.29 is 8.42 Å². The van der Waals surface area contributed by atoms with E-state index in [9.17, 15) is 8.42 Å². The van der Waals surface area contributed by atoms with Crippen LogP contribution in [0.3, 0.4) is 0 Å². The van der Waals surface area contributed by atoms with Crippen molar-refractivity contribution in [1.29, 1.82) is 0 Å². The largest absolute Gasteiger partial charge is 0.276 e. The zero-order chi connectivity index (χ0) is 18.6. The molecule has 0 saturated carbocycles. The fourth-order valence-electron chi connectivity index (χ4n) is 2.64. The first kappa shape index (κ1) is 18.5. The van der Waals surface area contributed by atoms with Crippen LogP contribution in [0, 0.1) is 0 Å². The molecule has 0 aliphatic heterocycles. The lowest BCUT2D eigenvalue weighted by atomic mass is 10.1. The van der Waals surface area contributed by atoms with Gasteiger partial charge in [0.15, 0.2) is 0 Å². The molecule has 3 aromatic rings. The normalized spacial score (nSPS) is 11.5. The summed E-state index contributed by atoms with van der Waals surface area (Å²) in [6.45, 7) is 2.56. The van der Waals surface area contributed by atoms with Gasteiger partial charge < -0.3 is 0 Å². The van der Waals surface area contributed by atoms with Crippen LogP contribution < -0.4 is 4.72 Å². The molecule has 7 heteroatoms. The molecule has 0 bridgehead atoms. The van der Waals surface area contributed by atoms with E-state index in [1.54, 1.807) is 23.0 Å². The number of hydrogen-bond acceptors (Lipinski definition) is 3. The number of sulfonamides is 1. The second-order valence-corrected chi connectivity index (χ2v) is 8.11. The monoisotopic (exact) mass is 389 g/mol. The van der Waals surface area contributed by atoms with Crippen LogP contribution in [0.25, 0.3) is 0 Å². The van der Waals surface area contributed by atoms with Gasteiger partial charge in [-0.25, -0.2) is 8.42 Å². The molecule has 0 amide bonds. The van der Waals surface area contributed by atoms with Crippen molar-refractivity contribution in [3.8, 4) is 0 Å². The highest BCUT2D eigenvalue weighted by Gasteiger charge is 2.15. The molecule has 26 heavy (non-hydrogen) atoms. The third-order valence-electron chi connectivity index (χ3n) is 3.95. The maximum atomic E-state index is 12.5. The van der Waals surface area contributed by atoms with Gasteiger partial charge in [-0.1, -0.05) is 55.3 Å². The molecule has 0 aliphatic carbocycles. The molecule has 1 heterocycles. The molecule has 0 fully saturated rings. The van der Waals surface area contributed by atoms with Crippen molar-refractivity contribution in [2.45, 2.75) is 31.2 Å². The number of anilines is 1. The first-order chi connectivity index (χ1) is 12.5. The van der Waals surface area contributed by atoms with Crippen LogP contribution in [0.2, 0.25) is 5.02 Å². The van der Waals surface area contributed by atoms with Crippen LogP contribution >= 0.6 is 11.6 Å². The summed E-state index contributed by atoms with van der Waals surface area (Å²) < 4.78 is 29.3. The number of aromatic nitrogens is 2. The van der Waals surface area contributed by atoms with Crippen molar-refractivity contribution in [3.05, 3.63) is 77.1 Å². The highest BCUT2D eigenvalue weighted by Crippen LogP contribution is 2.19. The third kappa shape index (κ3) is 4.45. The van der Waals surface area contributed by atoms with Crippen molar-refractivity contribution in [2.75, 3.05) is 4.72 Å². The Morgan fingerprint density at radius 3 is 2.54 bits per heavy atom. The van der Waals surface area contributed by atoms with Crippen LogP contribution in [0.15, 0.2) is 65.8 Å². The lowest BCUT2D eigenvalue weighted by Crippen LogP contribution is -2.12. The van der Waals surface area contributed by atoms with Crippen molar-refractivity contribution >= 4 is 27.3 Å². The second kappa shape index (κ2) is 7.93. The predicted molar refractivity (Wildman–Crippen MR) is 104 cm³/mol. The van der Waals surface area contributed by atoms with Gasteiger partial charge in [-0.15, -0.1) is 0 Å². The van der Waals surface area contributed by atoms with E-state index in [1.165, 1.54) is 6.20 Å². The molecule has 0 saturated heterocycles. The van der Waals surface area contributed by atoms with Gasteiger partial charge in [-0.3, -0.25) is 9.40 Å². The van der Waals surface area contributed by atoms with E-state index in [1.807, 2.05) is 36.4 Å². The molecular weight excluding hydrogens is 370 g/mol. The minimum atomic E-state index is -3.64. The summed E-state index contributed by atoms with van der Waals surface area (Å²) in [5.74, 6) is 0. The Morgan fingerprint density at radius 2 is 1.85 bits per heavy atom. The van der Waals surface area contributed by atoms with Crippen LogP contribution in [-0.2, 0) is 23.0 Å². The van der Waals surface area contributed by atoms with Gasteiger partial charge in [0.25, 0.3) is 10.0 Å². The van der Waals surface area contributed by atoms with Gasteiger partial charge in [-0.05, 0) is 35.7 Å².